The lowest BCUT2D eigenvalue weighted by atomic mass is 10.0. The summed E-state index contributed by atoms with van der Waals surface area (Å²) in [4.78, 5) is 11.5. The van der Waals surface area contributed by atoms with Crippen LogP contribution in [-0.2, 0) is 4.74 Å². The maximum Gasteiger partial charge on any atom is 0.411 e. The van der Waals surface area contributed by atoms with Crippen LogP contribution in [0.15, 0.2) is 54.6 Å². The maximum atomic E-state index is 11.5. The minimum atomic E-state index is -0.572. The number of carbonyl (C=O) groups is 1. The fourth-order valence-corrected chi connectivity index (χ4v) is 1.75. The zero-order chi connectivity index (χ0) is 13.5. The standard InChI is InChI=1S/C15H15NO3/c17-10-11-19-15(18)16-14-9-5-4-8-13(14)12-6-2-1-3-7-12/h1-9,17H,10-11H2,(H,16,18). The van der Waals surface area contributed by atoms with E-state index in [0.717, 1.165) is 11.1 Å². The van der Waals surface area contributed by atoms with Crippen LogP contribution in [0.5, 0.6) is 0 Å². The van der Waals surface area contributed by atoms with Gasteiger partial charge >= 0.3 is 6.09 Å². The van der Waals surface area contributed by atoms with Gasteiger partial charge in [0.25, 0.3) is 0 Å². The summed E-state index contributed by atoms with van der Waals surface area (Å²) < 4.78 is 4.79. The molecule has 2 aromatic carbocycles. The van der Waals surface area contributed by atoms with Crippen LogP contribution in [0.1, 0.15) is 0 Å². The molecule has 0 spiro atoms. The number of nitrogens with one attached hydrogen (secondary N) is 1. The molecule has 0 fully saturated rings. The van der Waals surface area contributed by atoms with E-state index in [1.165, 1.54) is 0 Å². The average molecular weight is 257 g/mol. The van der Waals surface area contributed by atoms with E-state index in [1.54, 1.807) is 0 Å². The van der Waals surface area contributed by atoms with Crippen molar-refractivity contribution in [1.82, 2.24) is 0 Å². The third-order valence-electron chi connectivity index (χ3n) is 2.57. The third-order valence-corrected chi connectivity index (χ3v) is 2.57. The van der Waals surface area contributed by atoms with Gasteiger partial charge in [-0.3, -0.25) is 5.32 Å². The molecule has 98 valence electrons. The van der Waals surface area contributed by atoms with Crippen LogP contribution in [0.2, 0.25) is 0 Å². The second kappa shape index (κ2) is 6.56. The van der Waals surface area contributed by atoms with E-state index in [-0.39, 0.29) is 13.2 Å². The van der Waals surface area contributed by atoms with Gasteiger partial charge in [0.2, 0.25) is 0 Å². The van der Waals surface area contributed by atoms with Crippen molar-refractivity contribution >= 4 is 11.8 Å². The van der Waals surface area contributed by atoms with Crippen LogP contribution in [-0.4, -0.2) is 24.4 Å². The zero-order valence-electron chi connectivity index (χ0n) is 10.4. The number of aliphatic hydroxyl groups is 1. The molecule has 2 N–H and O–H groups in total. The zero-order valence-corrected chi connectivity index (χ0v) is 10.4. The lowest BCUT2D eigenvalue weighted by Gasteiger charge is -2.11. The number of carbonyl (C=O) groups excluding carboxylic acids is 1. The van der Waals surface area contributed by atoms with Gasteiger partial charge in [-0.2, -0.15) is 0 Å². The third kappa shape index (κ3) is 3.56. The highest BCUT2D eigenvalue weighted by Crippen LogP contribution is 2.27. The summed E-state index contributed by atoms with van der Waals surface area (Å²) >= 11 is 0. The van der Waals surface area contributed by atoms with E-state index < -0.39 is 6.09 Å². The normalized spacial score (nSPS) is 9.95. The highest BCUT2D eigenvalue weighted by atomic mass is 16.6. The molecule has 0 radical (unpaired) electrons. The molecule has 0 aliphatic rings. The van der Waals surface area contributed by atoms with Crippen LogP contribution in [0, 0.1) is 0 Å². The number of rotatable bonds is 4. The van der Waals surface area contributed by atoms with Gasteiger partial charge in [0, 0.05) is 5.56 Å². The van der Waals surface area contributed by atoms with Crippen molar-refractivity contribution in [2.45, 2.75) is 0 Å². The Hall–Kier alpha value is -2.33. The summed E-state index contributed by atoms with van der Waals surface area (Å²) in [5.74, 6) is 0. The lowest BCUT2D eigenvalue weighted by Crippen LogP contribution is -2.16. The first-order valence-electron chi connectivity index (χ1n) is 6.00. The minimum absolute atomic E-state index is 0.0145. The van der Waals surface area contributed by atoms with Crippen LogP contribution in [0.25, 0.3) is 11.1 Å². The number of benzene rings is 2. The summed E-state index contributed by atoms with van der Waals surface area (Å²) in [6, 6.07) is 17.3. The molecule has 0 heterocycles. The Bertz CT molecular complexity index is 540. The number of hydrogen-bond donors (Lipinski definition) is 2. The SMILES string of the molecule is O=C(Nc1ccccc1-c1ccccc1)OCCO. The van der Waals surface area contributed by atoms with Crippen molar-refractivity contribution in [1.29, 1.82) is 0 Å². The molecule has 0 bridgehead atoms. The molecule has 0 aromatic heterocycles. The Morgan fingerprint density at radius 3 is 2.47 bits per heavy atom. The van der Waals surface area contributed by atoms with Crippen LogP contribution >= 0.6 is 0 Å². The minimum Gasteiger partial charge on any atom is -0.447 e. The molecule has 0 saturated carbocycles. The fourth-order valence-electron chi connectivity index (χ4n) is 1.75. The maximum absolute atomic E-state index is 11.5. The number of anilines is 1. The Kier molecular flexibility index (Phi) is 4.53. The van der Waals surface area contributed by atoms with Crippen molar-refractivity contribution in [2.75, 3.05) is 18.5 Å². The topological polar surface area (TPSA) is 58.6 Å². The molecule has 4 nitrogen and oxygen atoms in total. The molecule has 1 amide bonds. The molecule has 0 saturated heterocycles. The van der Waals surface area contributed by atoms with E-state index in [1.807, 2.05) is 54.6 Å². The number of amides is 1. The van der Waals surface area contributed by atoms with Crippen molar-refractivity contribution < 1.29 is 14.6 Å². The lowest BCUT2D eigenvalue weighted by molar-refractivity contribution is 0.131. The molecular weight excluding hydrogens is 242 g/mol. The van der Waals surface area contributed by atoms with Gasteiger partial charge in [0.1, 0.15) is 6.61 Å². The molecule has 0 atom stereocenters. The first-order chi connectivity index (χ1) is 9.31. The average Bonchev–Trinajstić information content (AvgIpc) is 2.46. The summed E-state index contributed by atoms with van der Waals surface area (Å²) in [6.45, 7) is -0.201. The molecule has 2 aromatic rings. The number of aliphatic hydroxyl groups excluding tert-OH is 1. The number of hydrogen-bond acceptors (Lipinski definition) is 3. The van der Waals surface area contributed by atoms with Gasteiger partial charge in [0.15, 0.2) is 0 Å². The summed E-state index contributed by atoms with van der Waals surface area (Å²) in [6.07, 6.45) is -0.572. The predicted octanol–water partition coefficient (Wildman–Crippen LogP) is 2.89. The van der Waals surface area contributed by atoms with Gasteiger partial charge in [-0.1, -0.05) is 48.5 Å². The van der Waals surface area contributed by atoms with Gasteiger partial charge in [0.05, 0.1) is 12.3 Å². The Morgan fingerprint density at radius 2 is 1.74 bits per heavy atom. The monoisotopic (exact) mass is 257 g/mol. The van der Waals surface area contributed by atoms with Gasteiger partial charge in [-0.25, -0.2) is 4.79 Å². The van der Waals surface area contributed by atoms with Crippen LogP contribution in [0.3, 0.4) is 0 Å². The Balaban J connectivity index is 2.20. The number of ether oxygens (including phenoxy) is 1. The quantitative estimate of drug-likeness (QED) is 0.885. The second-order valence-electron chi connectivity index (χ2n) is 3.90. The van der Waals surface area contributed by atoms with Gasteiger partial charge < -0.3 is 9.84 Å². The molecule has 0 unspecified atom stereocenters. The number of para-hydroxylation sites is 1. The molecule has 0 aliphatic heterocycles. The highest BCUT2D eigenvalue weighted by molar-refractivity contribution is 5.91. The fraction of sp³-hybridized carbons (Fsp3) is 0.133. The largest absolute Gasteiger partial charge is 0.447 e. The van der Waals surface area contributed by atoms with Crippen LogP contribution < -0.4 is 5.32 Å². The van der Waals surface area contributed by atoms with E-state index in [0.29, 0.717) is 5.69 Å². The van der Waals surface area contributed by atoms with Crippen LogP contribution in [0.4, 0.5) is 10.5 Å². The van der Waals surface area contributed by atoms with E-state index in [4.69, 9.17) is 9.84 Å². The van der Waals surface area contributed by atoms with Gasteiger partial charge in [-0.15, -0.1) is 0 Å². The van der Waals surface area contributed by atoms with E-state index >= 15 is 0 Å². The molecular formula is C15H15NO3. The summed E-state index contributed by atoms with van der Waals surface area (Å²) in [5.41, 5.74) is 2.61. The molecule has 0 aliphatic carbocycles. The van der Waals surface area contributed by atoms with Crippen molar-refractivity contribution in [2.24, 2.45) is 0 Å². The Morgan fingerprint density at radius 1 is 1.05 bits per heavy atom. The smallest absolute Gasteiger partial charge is 0.411 e. The summed E-state index contributed by atoms with van der Waals surface area (Å²) in [5, 5.41) is 11.3. The Labute approximate surface area is 111 Å². The first kappa shape index (κ1) is 13.1. The van der Waals surface area contributed by atoms with Gasteiger partial charge in [-0.05, 0) is 11.6 Å². The highest BCUT2D eigenvalue weighted by Gasteiger charge is 2.08. The molecule has 2 rings (SSSR count). The van der Waals surface area contributed by atoms with Crippen molar-refractivity contribution in [3.63, 3.8) is 0 Å². The molecule has 4 heteroatoms. The first-order valence-corrected chi connectivity index (χ1v) is 6.00. The molecule has 19 heavy (non-hydrogen) atoms. The van der Waals surface area contributed by atoms with Crippen molar-refractivity contribution in [3.8, 4) is 11.1 Å². The van der Waals surface area contributed by atoms with Crippen molar-refractivity contribution in [3.05, 3.63) is 54.6 Å². The van der Waals surface area contributed by atoms with E-state index in [2.05, 4.69) is 5.32 Å². The van der Waals surface area contributed by atoms with E-state index in [9.17, 15) is 4.79 Å². The second-order valence-corrected chi connectivity index (χ2v) is 3.90. The summed E-state index contributed by atoms with van der Waals surface area (Å²) in [7, 11) is 0. The predicted molar refractivity (Wildman–Crippen MR) is 73.9 cm³/mol.